The van der Waals surface area contributed by atoms with E-state index >= 15 is 4.39 Å². The molecule has 3 heterocycles. The van der Waals surface area contributed by atoms with E-state index in [1.54, 1.807) is 6.92 Å². The number of terminal acetylenes is 1. The van der Waals surface area contributed by atoms with Crippen LogP contribution >= 0.6 is 0 Å². The molecule has 1 fully saturated rings. The molecule has 3 rings (SSSR count). The van der Waals surface area contributed by atoms with Gasteiger partial charge in [-0.2, -0.15) is 4.98 Å². The minimum atomic E-state index is -2.01. The van der Waals surface area contributed by atoms with E-state index in [1.165, 1.54) is 6.92 Å². The third kappa shape index (κ3) is 4.94. The fourth-order valence-electron chi connectivity index (χ4n) is 3.94. The summed E-state index contributed by atoms with van der Waals surface area (Å²) in [6.07, 6.45) is -2.23. The van der Waals surface area contributed by atoms with Crippen LogP contribution < -0.4 is 16.6 Å². The van der Waals surface area contributed by atoms with Gasteiger partial charge in [-0.15, -0.1) is 6.42 Å². The highest BCUT2D eigenvalue weighted by atomic mass is 19.1. The molecule has 1 saturated heterocycles. The van der Waals surface area contributed by atoms with E-state index in [9.17, 15) is 24.0 Å². The van der Waals surface area contributed by atoms with E-state index in [0.717, 1.165) is 23.0 Å². The van der Waals surface area contributed by atoms with Crippen LogP contribution in [-0.4, -0.2) is 61.4 Å². The van der Waals surface area contributed by atoms with Crippen LogP contribution in [0.5, 0.6) is 0 Å². The summed E-state index contributed by atoms with van der Waals surface area (Å²) >= 11 is 0. The fourth-order valence-corrected chi connectivity index (χ4v) is 3.94. The van der Waals surface area contributed by atoms with Crippen molar-refractivity contribution in [3.05, 3.63) is 20.8 Å². The molecule has 2 aromatic heterocycles. The number of esters is 2. The Balaban J connectivity index is 2.25. The molecule has 14 heteroatoms. The monoisotopic (exact) mass is 493 g/mol. The van der Waals surface area contributed by atoms with E-state index < -0.39 is 59.8 Å². The summed E-state index contributed by atoms with van der Waals surface area (Å²) in [5.74, 6) is -0.149. The van der Waals surface area contributed by atoms with Crippen LogP contribution in [0.1, 0.15) is 40.3 Å². The zero-order valence-corrected chi connectivity index (χ0v) is 19.4. The Morgan fingerprint density at radius 3 is 2.51 bits per heavy atom. The molecular formula is C21H24FN5O8. The summed E-state index contributed by atoms with van der Waals surface area (Å²) in [4.78, 5) is 67.3. The number of amides is 1. The highest BCUT2D eigenvalue weighted by Gasteiger charge is 2.53. The Labute approximate surface area is 197 Å². The van der Waals surface area contributed by atoms with Crippen molar-refractivity contribution >= 4 is 35.0 Å². The molecule has 188 valence electrons. The molecule has 5 atom stereocenters. The number of anilines is 1. The minimum absolute atomic E-state index is 0.155. The number of nitrogens with one attached hydrogen (secondary N) is 2. The Bertz CT molecular complexity index is 1320. The first-order valence-corrected chi connectivity index (χ1v) is 10.6. The molecule has 0 bridgehead atoms. The zero-order chi connectivity index (χ0) is 26.0. The lowest BCUT2D eigenvalue weighted by atomic mass is 10.0. The van der Waals surface area contributed by atoms with E-state index in [1.807, 2.05) is 0 Å². The number of ether oxygens (including phenoxy) is 3. The Hall–Kier alpha value is -3.99. The van der Waals surface area contributed by atoms with Crippen LogP contribution in [0.2, 0.25) is 0 Å². The van der Waals surface area contributed by atoms with Gasteiger partial charge in [-0.1, -0.05) is 12.8 Å². The van der Waals surface area contributed by atoms with Crippen LogP contribution in [0.15, 0.2) is 9.59 Å². The summed E-state index contributed by atoms with van der Waals surface area (Å²) in [5, 5.41) is 2.30. The van der Waals surface area contributed by atoms with Gasteiger partial charge in [-0.25, -0.2) is 13.8 Å². The van der Waals surface area contributed by atoms with Gasteiger partial charge in [0.15, 0.2) is 29.7 Å². The maximum absolute atomic E-state index is 15.6. The van der Waals surface area contributed by atoms with Crippen molar-refractivity contribution in [3.8, 4) is 12.3 Å². The normalized spacial score (nSPS) is 22.4. The van der Waals surface area contributed by atoms with Gasteiger partial charge in [0, 0.05) is 20.8 Å². The Kier molecular flexibility index (Phi) is 7.39. The standard InChI is InChI=1S/C21H24FN5O8/c1-6-8-26-14-17(24-20(23-9(3)28)25-18(14)31)27(21(26)32)19-16(34-11(5)30)13(22)15(35-19)12(7-2)33-10(4)29/h1,12-13,15-16,19H,7-8H2,2-5H3,(H2,23,24,25,28,31)/t12-,13+,15-,16-,19-/m1/s1. The second-order valence-electron chi connectivity index (χ2n) is 7.78. The van der Waals surface area contributed by atoms with Crippen molar-refractivity contribution in [2.45, 2.75) is 71.4 Å². The first-order chi connectivity index (χ1) is 16.5. The average molecular weight is 493 g/mol. The molecule has 0 aliphatic carbocycles. The summed E-state index contributed by atoms with van der Waals surface area (Å²) in [7, 11) is 0. The molecule has 2 N–H and O–H groups in total. The number of halogens is 1. The highest BCUT2D eigenvalue weighted by molar-refractivity contribution is 5.87. The third-order valence-electron chi connectivity index (χ3n) is 5.20. The largest absolute Gasteiger partial charge is 0.460 e. The molecule has 1 aliphatic heterocycles. The number of carbonyl (C=O) groups is 3. The highest BCUT2D eigenvalue weighted by Crippen LogP contribution is 2.37. The predicted octanol–water partition coefficient (Wildman–Crippen LogP) is -0.0132. The lowest BCUT2D eigenvalue weighted by Gasteiger charge is -2.23. The van der Waals surface area contributed by atoms with Gasteiger partial charge in [-0.3, -0.25) is 34.0 Å². The van der Waals surface area contributed by atoms with Crippen LogP contribution in [-0.2, 0) is 35.1 Å². The molecule has 2 aromatic rings. The van der Waals surface area contributed by atoms with E-state index in [-0.39, 0.29) is 30.1 Å². The van der Waals surface area contributed by atoms with Gasteiger partial charge in [0.2, 0.25) is 11.9 Å². The summed E-state index contributed by atoms with van der Waals surface area (Å²) in [5.41, 5.74) is -2.27. The Morgan fingerprint density at radius 2 is 1.97 bits per heavy atom. The second-order valence-corrected chi connectivity index (χ2v) is 7.78. The SMILES string of the molecule is C#CCn1c(=O)n([C@@H]2O[C@H]([C@@H](CC)OC(C)=O)[C@H](F)[C@H]2OC(C)=O)c2nc(NC(C)=O)[nH]c(=O)c21. The van der Waals surface area contributed by atoms with Gasteiger partial charge in [0.1, 0.15) is 12.2 Å². The summed E-state index contributed by atoms with van der Waals surface area (Å²) < 4.78 is 33.4. The number of fused-ring (bicyclic) bond motifs is 1. The van der Waals surface area contributed by atoms with Gasteiger partial charge in [0.05, 0.1) is 6.54 Å². The lowest BCUT2D eigenvalue weighted by Crippen LogP contribution is -2.39. The quantitative estimate of drug-likeness (QED) is 0.399. The summed E-state index contributed by atoms with van der Waals surface area (Å²) in [6.45, 7) is 4.65. The van der Waals surface area contributed by atoms with Crippen LogP contribution in [0.25, 0.3) is 11.2 Å². The number of carbonyl (C=O) groups excluding carboxylic acids is 3. The van der Waals surface area contributed by atoms with Crippen molar-refractivity contribution in [3.63, 3.8) is 0 Å². The first kappa shape index (κ1) is 25.6. The van der Waals surface area contributed by atoms with Gasteiger partial charge >= 0.3 is 17.6 Å². The topological polar surface area (TPSA) is 164 Å². The maximum atomic E-state index is 15.6. The molecule has 13 nitrogen and oxygen atoms in total. The summed E-state index contributed by atoms with van der Waals surface area (Å²) in [6, 6.07) is 0. The van der Waals surface area contributed by atoms with Crippen molar-refractivity contribution in [2.24, 2.45) is 0 Å². The molecule has 0 unspecified atom stereocenters. The number of imidazole rings is 1. The number of alkyl halides is 1. The van der Waals surface area contributed by atoms with Crippen LogP contribution in [0.3, 0.4) is 0 Å². The second kappa shape index (κ2) is 10.1. The molecule has 35 heavy (non-hydrogen) atoms. The van der Waals surface area contributed by atoms with E-state index in [0.29, 0.717) is 0 Å². The smallest absolute Gasteiger partial charge is 0.333 e. The molecule has 0 saturated carbocycles. The minimum Gasteiger partial charge on any atom is -0.460 e. The molecule has 1 aliphatic rings. The van der Waals surface area contributed by atoms with Crippen molar-refractivity contribution in [1.29, 1.82) is 0 Å². The number of aromatic amines is 1. The lowest BCUT2D eigenvalue weighted by molar-refractivity contribution is -0.159. The maximum Gasteiger partial charge on any atom is 0.333 e. The number of hydrogen-bond donors (Lipinski definition) is 2. The predicted molar refractivity (Wildman–Crippen MR) is 118 cm³/mol. The first-order valence-electron chi connectivity index (χ1n) is 10.6. The van der Waals surface area contributed by atoms with Crippen molar-refractivity contribution in [1.82, 2.24) is 19.1 Å². The van der Waals surface area contributed by atoms with Crippen LogP contribution in [0.4, 0.5) is 10.3 Å². The molecule has 0 spiro atoms. The number of rotatable bonds is 7. The van der Waals surface area contributed by atoms with E-state index in [4.69, 9.17) is 20.6 Å². The number of hydrogen-bond acceptors (Lipinski definition) is 9. The van der Waals surface area contributed by atoms with Gasteiger partial charge < -0.3 is 14.2 Å². The van der Waals surface area contributed by atoms with Crippen LogP contribution in [0, 0.1) is 12.3 Å². The zero-order valence-electron chi connectivity index (χ0n) is 19.4. The number of nitrogens with zero attached hydrogens (tertiary/aromatic N) is 3. The molecule has 0 aromatic carbocycles. The third-order valence-corrected chi connectivity index (χ3v) is 5.20. The van der Waals surface area contributed by atoms with Gasteiger partial charge in [-0.05, 0) is 6.42 Å². The number of aromatic nitrogens is 4. The number of H-pyrrole nitrogens is 1. The van der Waals surface area contributed by atoms with Crippen molar-refractivity contribution in [2.75, 3.05) is 5.32 Å². The van der Waals surface area contributed by atoms with E-state index in [2.05, 4.69) is 21.2 Å². The van der Waals surface area contributed by atoms with Gasteiger partial charge in [0.25, 0.3) is 5.56 Å². The Morgan fingerprint density at radius 1 is 1.29 bits per heavy atom. The fraction of sp³-hybridized carbons (Fsp3) is 0.524. The average Bonchev–Trinajstić information content (AvgIpc) is 3.20. The molecule has 0 radical (unpaired) electrons. The molecular weight excluding hydrogens is 469 g/mol. The van der Waals surface area contributed by atoms with Crippen molar-refractivity contribution < 1.29 is 33.0 Å². The molecule has 1 amide bonds.